The molecular weight excluding hydrogens is 851 g/mol. The number of benzene rings is 2. The van der Waals surface area contributed by atoms with Gasteiger partial charge in [0.1, 0.15) is 28.9 Å². The number of hydrogen-bond acceptors (Lipinski definition) is 8. The Morgan fingerprint density at radius 2 is 1.19 bits per heavy atom. The summed E-state index contributed by atoms with van der Waals surface area (Å²) < 4.78 is 0. The Kier molecular flexibility index (Phi) is 15.5. The van der Waals surface area contributed by atoms with Crippen LogP contribution in [0.5, 0.6) is 0 Å². The molecule has 64 heavy (non-hydrogen) atoms. The zero-order valence-electron chi connectivity index (χ0n) is 36.4. The van der Waals surface area contributed by atoms with E-state index < -0.39 is 28.1 Å². The smallest absolute Gasteiger partial charge is 0.303 e. The standard InChI is InChI=1S/C25H28ClNO3.C18H24O5.C7H8ClN.2CH4/c1-24-12-11-22(30)27(14-15-3-5-16(26)6-4-15)20(24)9-7-17-18-8-10-21(29)25(18,2)13-19(28)23(17)24;1-17(8-7-15(22)23)13(20)5-3-10-11-4-6-14(21)18(11,2)9-12(19)16(10)17;8-7-3-1-6(5-9)2-4-7;;/h3-6,9,17-18,23H,7-8,10-14H2,1-2H3;10-11,16H,3-9H2,1-2H3,(H,22,23);1-4H,5,9H2;2*1H4/t17-,18-,23+,24-,25-;10-,11-,16+,17-,18-;;;/m00.../s1. The second kappa shape index (κ2) is 19.5. The molecule has 0 radical (unpaired) electrons. The summed E-state index contributed by atoms with van der Waals surface area (Å²) in [5, 5.41) is 10.4. The van der Waals surface area contributed by atoms with Crippen LogP contribution < -0.4 is 5.73 Å². The predicted molar refractivity (Wildman–Crippen MR) is 249 cm³/mol. The van der Waals surface area contributed by atoms with E-state index in [0.717, 1.165) is 41.1 Å². The predicted octanol–water partition coefficient (Wildman–Crippen LogP) is 10.4. The molecule has 0 bridgehead atoms. The van der Waals surface area contributed by atoms with Crippen molar-refractivity contribution in [2.24, 2.45) is 62.9 Å². The Hall–Kier alpha value is -3.99. The highest BCUT2D eigenvalue weighted by molar-refractivity contribution is 6.30. The maximum atomic E-state index is 13.5. The fraction of sp³-hybridized carbons (Fsp3) is 0.596. The molecule has 5 saturated carbocycles. The minimum absolute atomic E-state index is 0. The Labute approximate surface area is 389 Å². The van der Waals surface area contributed by atoms with Gasteiger partial charge in [0, 0.05) is 101 Å². The zero-order chi connectivity index (χ0) is 44.9. The van der Waals surface area contributed by atoms with Gasteiger partial charge in [0.05, 0.1) is 6.54 Å². The van der Waals surface area contributed by atoms with Gasteiger partial charge in [-0.15, -0.1) is 0 Å². The first-order valence-corrected chi connectivity index (χ1v) is 23.1. The fourth-order valence-corrected chi connectivity index (χ4v) is 13.5. The Bertz CT molecular complexity index is 2190. The van der Waals surface area contributed by atoms with Gasteiger partial charge in [-0.25, -0.2) is 0 Å². The molecule has 1 aliphatic heterocycles. The third kappa shape index (κ3) is 9.09. The quantitative estimate of drug-likeness (QED) is 0.286. The van der Waals surface area contributed by atoms with E-state index in [2.05, 4.69) is 13.0 Å². The Balaban J connectivity index is 0.000000201. The van der Waals surface area contributed by atoms with Gasteiger partial charge in [-0.1, -0.05) is 96.1 Å². The number of nitrogens with two attached hydrogens (primary N) is 1. The van der Waals surface area contributed by atoms with Crippen LogP contribution in [0.4, 0.5) is 0 Å². The lowest BCUT2D eigenvalue weighted by Gasteiger charge is -2.56. The lowest BCUT2D eigenvalue weighted by molar-refractivity contribution is -0.160. The third-order valence-corrected chi connectivity index (χ3v) is 17.0. The molecular formula is C52H68Cl2N2O8. The molecule has 6 fully saturated rings. The van der Waals surface area contributed by atoms with Crippen molar-refractivity contribution in [1.29, 1.82) is 0 Å². The Morgan fingerprint density at radius 1 is 0.688 bits per heavy atom. The van der Waals surface area contributed by atoms with E-state index in [-0.39, 0.29) is 104 Å². The highest BCUT2D eigenvalue weighted by Crippen LogP contribution is 2.63. The van der Waals surface area contributed by atoms with Gasteiger partial charge in [0.2, 0.25) is 5.91 Å². The summed E-state index contributed by atoms with van der Waals surface area (Å²) in [5.41, 5.74) is 6.24. The van der Waals surface area contributed by atoms with E-state index in [4.69, 9.17) is 34.0 Å². The summed E-state index contributed by atoms with van der Waals surface area (Å²) in [6.45, 7) is 8.95. The molecule has 6 aliphatic carbocycles. The van der Waals surface area contributed by atoms with Crippen molar-refractivity contribution in [3.63, 3.8) is 0 Å². The van der Waals surface area contributed by atoms with Crippen LogP contribution in [0.2, 0.25) is 10.0 Å². The second-order valence-corrected chi connectivity index (χ2v) is 20.9. The van der Waals surface area contributed by atoms with Gasteiger partial charge in [-0.05, 0) is 97.6 Å². The number of carbonyl (C=O) groups is 7. The number of allylic oxidation sites excluding steroid dienone is 2. The van der Waals surface area contributed by atoms with Crippen LogP contribution in [-0.2, 0) is 46.7 Å². The normalized spacial score (nSPS) is 34.7. The van der Waals surface area contributed by atoms with Crippen molar-refractivity contribution in [2.75, 3.05) is 0 Å². The number of hydrogen-bond donors (Lipinski definition) is 2. The van der Waals surface area contributed by atoms with Crippen LogP contribution in [0.1, 0.15) is 137 Å². The van der Waals surface area contributed by atoms with Crippen LogP contribution in [0, 0.1) is 57.2 Å². The van der Waals surface area contributed by atoms with Gasteiger partial charge < -0.3 is 15.7 Å². The van der Waals surface area contributed by atoms with E-state index in [0.29, 0.717) is 63.1 Å². The number of carboxylic acid groups (broad SMARTS) is 1. The number of carbonyl (C=O) groups excluding carboxylic acids is 6. The number of carboxylic acids is 1. The van der Waals surface area contributed by atoms with Gasteiger partial charge in [-0.2, -0.15) is 0 Å². The summed E-state index contributed by atoms with van der Waals surface area (Å²) >= 11 is 11.6. The van der Waals surface area contributed by atoms with Gasteiger partial charge in [0.25, 0.3) is 0 Å². The fourth-order valence-electron chi connectivity index (χ4n) is 13.2. The number of Topliss-reactive ketones (excluding diaryl/α,β-unsaturated/α-hetero) is 5. The molecule has 2 aromatic rings. The number of fused-ring (bicyclic) bond motifs is 8. The number of ketones is 5. The topological polar surface area (TPSA) is 169 Å². The number of amides is 1. The lowest BCUT2D eigenvalue weighted by Crippen LogP contribution is -2.57. The summed E-state index contributed by atoms with van der Waals surface area (Å²) in [4.78, 5) is 89.6. The summed E-state index contributed by atoms with van der Waals surface area (Å²) in [6.07, 6.45) is 8.72. The van der Waals surface area contributed by atoms with E-state index in [1.807, 2.05) is 67.3 Å². The minimum Gasteiger partial charge on any atom is -0.481 e. The van der Waals surface area contributed by atoms with Crippen LogP contribution in [0.15, 0.2) is 60.3 Å². The SMILES string of the molecule is C.C.C[C@]1(CCC(=O)O)C(=O)CC[C@@H]2[C@@H]1C(=O)C[C@]1(C)C(=O)CC[C@@H]21.C[C@]12CCC(=O)N(Cc3ccc(Cl)cc3)C1=CC[C@@H]1[C@@H]2C(=O)C[C@]2(C)C(=O)CC[C@@H]12.NCc1ccc(Cl)cc1. The molecule has 1 heterocycles. The zero-order valence-corrected chi connectivity index (χ0v) is 37.9. The molecule has 10 atom stereocenters. The first-order chi connectivity index (χ1) is 29.3. The maximum Gasteiger partial charge on any atom is 0.303 e. The van der Waals surface area contributed by atoms with Crippen molar-refractivity contribution in [3.8, 4) is 0 Å². The molecule has 9 rings (SSSR count). The van der Waals surface area contributed by atoms with Crippen LogP contribution >= 0.6 is 23.2 Å². The van der Waals surface area contributed by atoms with Gasteiger partial charge in [0.15, 0.2) is 0 Å². The van der Waals surface area contributed by atoms with Crippen molar-refractivity contribution in [2.45, 2.75) is 139 Å². The van der Waals surface area contributed by atoms with Gasteiger partial charge in [-0.3, -0.25) is 33.6 Å². The van der Waals surface area contributed by atoms with Crippen LogP contribution in [0.25, 0.3) is 0 Å². The number of nitrogens with zero attached hydrogens (tertiary/aromatic N) is 1. The Morgan fingerprint density at radius 3 is 1.72 bits per heavy atom. The summed E-state index contributed by atoms with van der Waals surface area (Å²) in [6, 6.07) is 15.1. The first kappa shape index (κ1) is 51.0. The van der Waals surface area contributed by atoms with Crippen molar-refractivity contribution < 1.29 is 38.7 Å². The average molecular weight is 920 g/mol. The third-order valence-electron chi connectivity index (χ3n) is 16.5. The molecule has 12 heteroatoms. The monoisotopic (exact) mass is 918 g/mol. The number of piperidine rings is 1. The number of rotatable bonds is 6. The van der Waals surface area contributed by atoms with Crippen LogP contribution in [0.3, 0.4) is 0 Å². The lowest BCUT2D eigenvalue weighted by atomic mass is 9.48. The highest BCUT2D eigenvalue weighted by Gasteiger charge is 2.64. The molecule has 0 aromatic heterocycles. The first-order valence-electron chi connectivity index (χ1n) is 22.3. The molecule has 0 unspecified atom stereocenters. The number of halogens is 2. The van der Waals surface area contributed by atoms with Gasteiger partial charge >= 0.3 is 5.97 Å². The molecule has 1 saturated heterocycles. The highest BCUT2D eigenvalue weighted by atomic mass is 35.5. The molecule has 0 spiro atoms. The molecule has 3 N–H and O–H groups in total. The van der Waals surface area contributed by atoms with E-state index in [9.17, 15) is 33.6 Å². The van der Waals surface area contributed by atoms with E-state index in [1.54, 1.807) is 6.92 Å². The van der Waals surface area contributed by atoms with Crippen molar-refractivity contribution in [1.82, 2.24) is 4.90 Å². The minimum atomic E-state index is -0.940. The molecule has 7 aliphatic rings. The second-order valence-electron chi connectivity index (χ2n) is 20.0. The summed E-state index contributed by atoms with van der Waals surface area (Å²) in [5.74, 6) is 0.0525. The van der Waals surface area contributed by atoms with Crippen molar-refractivity contribution in [3.05, 3.63) is 81.5 Å². The molecule has 10 nitrogen and oxygen atoms in total. The molecule has 2 aromatic carbocycles. The average Bonchev–Trinajstić information content (AvgIpc) is 3.70. The largest absolute Gasteiger partial charge is 0.481 e. The van der Waals surface area contributed by atoms with Crippen molar-refractivity contribution >= 4 is 64.0 Å². The maximum absolute atomic E-state index is 13.5. The molecule has 1 amide bonds. The molecule has 348 valence electrons. The van der Waals surface area contributed by atoms with Crippen LogP contribution in [-0.4, -0.2) is 50.8 Å². The van der Waals surface area contributed by atoms with E-state index in [1.165, 1.54) is 0 Å². The van der Waals surface area contributed by atoms with E-state index >= 15 is 0 Å². The number of likely N-dealkylation sites (tertiary alicyclic amines) is 1. The number of aliphatic carboxylic acids is 1. The summed E-state index contributed by atoms with van der Waals surface area (Å²) in [7, 11) is 0.